The Balaban J connectivity index is 2.77. The molecule has 1 rings (SSSR count). The minimum Gasteiger partial charge on any atom is -0.490 e. The highest BCUT2D eigenvalue weighted by atomic mass is 16.5. The van der Waals surface area contributed by atoms with Crippen LogP contribution >= 0.6 is 0 Å². The fourth-order valence-electron chi connectivity index (χ4n) is 1.49. The van der Waals surface area contributed by atoms with Gasteiger partial charge in [0.25, 0.3) is 0 Å². The summed E-state index contributed by atoms with van der Waals surface area (Å²) in [5.41, 5.74) is 7.84. The molecule has 0 aliphatic rings. The third-order valence-corrected chi connectivity index (χ3v) is 2.41. The number of urea groups is 1. The van der Waals surface area contributed by atoms with E-state index in [9.17, 15) is 4.79 Å². The highest BCUT2D eigenvalue weighted by molar-refractivity contribution is 5.82. The first-order valence-corrected chi connectivity index (χ1v) is 6.65. The van der Waals surface area contributed by atoms with E-state index < -0.39 is 6.03 Å². The molecule has 0 radical (unpaired) electrons. The maximum absolute atomic E-state index is 10.5. The van der Waals surface area contributed by atoms with Crippen molar-refractivity contribution in [2.45, 2.75) is 26.7 Å². The van der Waals surface area contributed by atoms with E-state index in [1.807, 2.05) is 19.1 Å². The van der Waals surface area contributed by atoms with Gasteiger partial charge in [-0.25, -0.2) is 10.2 Å². The zero-order valence-corrected chi connectivity index (χ0v) is 11.9. The number of benzene rings is 1. The van der Waals surface area contributed by atoms with Crippen LogP contribution < -0.4 is 20.6 Å². The van der Waals surface area contributed by atoms with Crippen LogP contribution in [0.25, 0.3) is 0 Å². The van der Waals surface area contributed by atoms with E-state index in [0.717, 1.165) is 18.4 Å². The van der Waals surface area contributed by atoms with Crippen LogP contribution in [0.15, 0.2) is 23.3 Å². The molecule has 0 spiro atoms. The lowest BCUT2D eigenvalue weighted by molar-refractivity contribution is 0.249. The number of nitrogens with one attached hydrogen (secondary N) is 1. The largest absolute Gasteiger partial charge is 0.490 e. The van der Waals surface area contributed by atoms with Crippen molar-refractivity contribution >= 4 is 12.2 Å². The molecule has 0 bridgehead atoms. The van der Waals surface area contributed by atoms with Gasteiger partial charge in [-0.15, -0.1) is 0 Å². The molecular formula is C14H21N3O3. The number of unbranched alkanes of at least 4 members (excludes halogenated alkanes) is 1. The van der Waals surface area contributed by atoms with Gasteiger partial charge in [0.1, 0.15) is 0 Å². The normalized spacial score (nSPS) is 10.5. The number of hydrogen-bond donors (Lipinski definition) is 2. The van der Waals surface area contributed by atoms with Crippen LogP contribution in [0, 0.1) is 0 Å². The van der Waals surface area contributed by atoms with E-state index >= 15 is 0 Å². The summed E-state index contributed by atoms with van der Waals surface area (Å²) >= 11 is 0. The van der Waals surface area contributed by atoms with Crippen molar-refractivity contribution < 1.29 is 14.3 Å². The van der Waals surface area contributed by atoms with Gasteiger partial charge in [-0.1, -0.05) is 13.3 Å². The Morgan fingerprint density at radius 1 is 1.35 bits per heavy atom. The van der Waals surface area contributed by atoms with E-state index in [-0.39, 0.29) is 0 Å². The van der Waals surface area contributed by atoms with Crippen LogP contribution in [-0.4, -0.2) is 25.5 Å². The Labute approximate surface area is 118 Å². The van der Waals surface area contributed by atoms with Crippen LogP contribution in [0.1, 0.15) is 32.3 Å². The number of ether oxygens (including phenoxy) is 2. The van der Waals surface area contributed by atoms with E-state index in [1.165, 1.54) is 6.21 Å². The summed E-state index contributed by atoms with van der Waals surface area (Å²) in [6, 6.07) is 4.75. The topological polar surface area (TPSA) is 85.9 Å². The molecule has 3 N–H and O–H groups in total. The van der Waals surface area contributed by atoms with Gasteiger partial charge in [0.05, 0.1) is 19.4 Å². The number of primary amides is 1. The average molecular weight is 279 g/mol. The molecule has 0 fully saturated rings. The van der Waals surface area contributed by atoms with Gasteiger partial charge in [0, 0.05) is 0 Å². The summed E-state index contributed by atoms with van der Waals surface area (Å²) in [7, 11) is 0. The van der Waals surface area contributed by atoms with Crippen molar-refractivity contribution in [3.63, 3.8) is 0 Å². The van der Waals surface area contributed by atoms with Gasteiger partial charge in [0.2, 0.25) is 0 Å². The van der Waals surface area contributed by atoms with Crippen molar-refractivity contribution in [1.82, 2.24) is 5.43 Å². The van der Waals surface area contributed by atoms with Gasteiger partial charge in [0.15, 0.2) is 11.5 Å². The fraction of sp³-hybridized carbons (Fsp3) is 0.429. The molecule has 0 saturated heterocycles. The first kappa shape index (κ1) is 15.8. The molecule has 1 aromatic rings. The predicted molar refractivity (Wildman–Crippen MR) is 78.3 cm³/mol. The molecule has 0 aliphatic carbocycles. The Hall–Kier alpha value is -2.24. The van der Waals surface area contributed by atoms with E-state index in [2.05, 4.69) is 17.5 Å². The monoisotopic (exact) mass is 279 g/mol. The standard InChI is InChI=1S/C14H21N3O3/c1-3-5-8-20-12-7-6-11(9-13(12)19-4-2)10-16-17-14(15)18/h6-7,9-10H,3-5,8H2,1-2H3,(H3,15,17,18). The molecular weight excluding hydrogens is 258 g/mol. The van der Waals surface area contributed by atoms with Crippen LogP contribution in [0.2, 0.25) is 0 Å². The first-order chi connectivity index (χ1) is 9.67. The Bertz CT molecular complexity index is 461. The van der Waals surface area contributed by atoms with Gasteiger partial charge >= 0.3 is 6.03 Å². The number of nitrogens with zero attached hydrogens (tertiary/aromatic N) is 1. The van der Waals surface area contributed by atoms with Crippen LogP contribution in [-0.2, 0) is 0 Å². The maximum Gasteiger partial charge on any atom is 0.332 e. The summed E-state index contributed by atoms with van der Waals surface area (Å²) in [5.74, 6) is 1.37. The second kappa shape index (κ2) is 8.79. The third kappa shape index (κ3) is 5.60. The Kier molecular flexibility index (Phi) is 6.95. The molecule has 20 heavy (non-hydrogen) atoms. The van der Waals surface area contributed by atoms with Crippen LogP contribution in [0.3, 0.4) is 0 Å². The molecule has 6 nitrogen and oxygen atoms in total. The quantitative estimate of drug-likeness (QED) is 0.435. The van der Waals surface area contributed by atoms with Crippen molar-refractivity contribution in [3.8, 4) is 11.5 Å². The summed E-state index contributed by atoms with van der Waals surface area (Å²) in [4.78, 5) is 10.5. The second-order valence-electron chi connectivity index (χ2n) is 4.08. The van der Waals surface area contributed by atoms with Crippen LogP contribution in [0.4, 0.5) is 4.79 Å². The molecule has 0 unspecified atom stereocenters. The lowest BCUT2D eigenvalue weighted by atomic mass is 10.2. The highest BCUT2D eigenvalue weighted by Gasteiger charge is 2.05. The average Bonchev–Trinajstić information content (AvgIpc) is 2.41. The lowest BCUT2D eigenvalue weighted by Gasteiger charge is -2.12. The second-order valence-corrected chi connectivity index (χ2v) is 4.08. The van der Waals surface area contributed by atoms with Gasteiger partial charge in [-0.05, 0) is 37.1 Å². The lowest BCUT2D eigenvalue weighted by Crippen LogP contribution is -2.24. The maximum atomic E-state index is 10.5. The van der Waals surface area contributed by atoms with Crippen molar-refractivity contribution in [2.75, 3.05) is 13.2 Å². The van der Waals surface area contributed by atoms with Gasteiger partial charge < -0.3 is 15.2 Å². The molecule has 0 atom stereocenters. The van der Waals surface area contributed by atoms with Crippen molar-refractivity contribution in [1.29, 1.82) is 0 Å². The number of rotatable bonds is 8. The first-order valence-electron chi connectivity index (χ1n) is 6.65. The minimum absolute atomic E-state index is 0.546. The molecule has 6 heteroatoms. The number of carbonyl (C=O) groups is 1. The molecule has 2 amide bonds. The van der Waals surface area contributed by atoms with E-state index in [0.29, 0.717) is 24.7 Å². The van der Waals surface area contributed by atoms with Gasteiger partial charge in [-0.3, -0.25) is 0 Å². The number of hydrogen-bond acceptors (Lipinski definition) is 4. The van der Waals surface area contributed by atoms with Crippen molar-refractivity contribution in [3.05, 3.63) is 23.8 Å². The highest BCUT2D eigenvalue weighted by Crippen LogP contribution is 2.28. The number of amides is 2. The fourth-order valence-corrected chi connectivity index (χ4v) is 1.49. The zero-order valence-electron chi connectivity index (χ0n) is 11.9. The van der Waals surface area contributed by atoms with E-state index in [1.54, 1.807) is 6.07 Å². The molecule has 0 heterocycles. The molecule has 0 aliphatic heterocycles. The molecule has 0 saturated carbocycles. The third-order valence-electron chi connectivity index (χ3n) is 2.41. The number of hydrazone groups is 1. The van der Waals surface area contributed by atoms with Crippen LogP contribution in [0.5, 0.6) is 11.5 Å². The molecule has 0 aromatic heterocycles. The summed E-state index contributed by atoms with van der Waals surface area (Å²) in [5, 5.41) is 3.70. The van der Waals surface area contributed by atoms with Gasteiger partial charge in [-0.2, -0.15) is 5.10 Å². The summed E-state index contributed by atoms with van der Waals surface area (Å²) < 4.78 is 11.2. The summed E-state index contributed by atoms with van der Waals surface area (Å²) in [6.07, 6.45) is 3.56. The number of carbonyl (C=O) groups excluding carboxylic acids is 1. The number of nitrogens with two attached hydrogens (primary N) is 1. The Morgan fingerprint density at radius 2 is 2.15 bits per heavy atom. The SMILES string of the molecule is CCCCOc1ccc(C=NNC(N)=O)cc1OCC. The van der Waals surface area contributed by atoms with E-state index in [4.69, 9.17) is 15.2 Å². The van der Waals surface area contributed by atoms with Crippen molar-refractivity contribution in [2.24, 2.45) is 10.8 Å². The predicted octanol–water partition coefficient (Wildman–Crippen LogP) is 2.27. The molecule has 110 valence electrons. The minimum atomic E-state index is -0.703. The zero-order chi connectivity index (χ0) is 14.8. The Morgan fingerprint density at radius 3 is 2.80 bits per heavy atom. The smallest absolute Gasteiger partial charge is 0.332 e. The molecule has 1 aromatic carbocycles. The summed E-state index contributed by atoms with van der Waals surface area (Å²) in [6.45, 7) is 5.22.